The lowest BCUT2D eigenvalue weighted by Crippen LogP contribution is -2.40. The number of hydrogen-bond donors (Lipinski definition) is 3. The summed E-state index contributed by atoms with van der Waals surface area (Å²) in [5.74, 6) is -1.09. The van der Waals surface area contributed by atoms with Gasteiger partial charge in [-0.15, -0.1) is 0 Å². The van der Waals surface area contributed by atoms with Crippen molar-refractivity contribution in [3.05, 3.63) is 29.3 Å². The summed E-state index contributed by atoms with van der Waals surface area (Å²) >= 11 is 0. The zero-order valence-corrected chi connectivity index (χ0v) is 11.6. The first-order chi connectivity index (χ1) is 9.50. The minimum atomic E-state index is -0.993. The van der Waals surface area contributed by atoms with E-state index in [1.54, 1.807) is 19.1 Å². The van der Waals surface area contributed by atoms with Gasteiger partial charge in [0.25, 0.3) is 0 Å². The van der Waals surface area contributed by atoms with Gasteiger partial charge in [0.05, 0.1) is 11.0 Å². The summed E-state index contributed by atoms with van der Waals surface area (Å²) in [5, 5.41) is 12.0. The molecule has 108 valence electrons. The summed E-state index contributed by atoms with van der Waals surface area (Å²) in [5.41, 5.74) is 6.61. The molecule has 0 atom stereocenters. The third-order valence-electron chi connectivity index (χ3n) is 4.25. The van der Waals surface area contributed by atoms with E-state index in [1.165, 1.54) is 6.07 Å². The number of amides is 1. The molecule has 5 heteroatoms. The van der Waals surface area contributed by atoms with Gasteiger partial charge in [-0.25, -0.2) is 4.79 Å². The molecule has 0 aliphatic heterocycles. The number of aromatic carboxylic acids is 1. The maximum atomic E-state index is 12.5. The Morgan fingerprint density at radius 3 is 2.55 bits per heavy atom. The van der Waals surface area contributed by atoms with Crippen LogP contribution in [-0.2, 0) is 4.79 Å². The Hall–Kier alpha value is -1.88. The van der Waals surface area contributed by atoms with E-state index >= 15 is 0 Å². The number of anilines is 1. The first-order valence-electron chi connectivity index (χ1n) is 6.84. The highest BCUT2D eigenvalue weighted by atomic mass is 16.4. The van der Waals surface area contributed by atoms with E-state index in [0.717, 1.165) is 25.7 Å². The molecule has 1 aliphatic rings. The quantitative estimate of drug-likeness (QED) is 0.785. The van der Waals surface area contributed by atoms with Gasteiger partial charge in [0.2, 0.25) is 5.91 Å². The molecule has 0 unspecified atom stereocenters. The summed E-state index contributed by atoms with van der Waals surface area (Å²) in [7, 11) is 0. The molecular formula is C15H20N2O3. The Kier molecular flexibility index (Phi) is 4.09. The molecule has 1 aromatic rings. The van der Waals surface area contributed by atoms with Crippen LogP contribution in [0.3, 0.4) is 0 Å². The molecule has 0 heterocycles. The van der Waals surface area contributed by atoms with Crippen molar-refractivity contribution in [2.24, 2.45) is 11.1 Å². The van der Waals surface area contributed by atoms with Crippen LogP contribution in [0.1, 0.15) is 41.6 Å². The van der Waals surface area contributed by atoms with Crippen molar-refractivity contribution < 1.29 is 14.7 Å². The molecule has 0 spiro atoms. The van der Waals surface area contributed by atoms with Crippen LogP contribution in [-0.4, -0.2) is 23.5 Å². The maximum absolute atomic E-state index is 12.5. The van der Waals surface area contributed by atoms with Crippen LogP contribution in [0.15, 0.2) is 18.2 Å². The fourth-order valence-electron chi connectivity index (χ4n) is 2.83. The van der Waals surface area contributed by atoms with Gasteiger partial charge >= 0.3 is 5.97 Å². The smallest absolute Gasteiger partial charge is 0.336 e. The van der Waals surface area contributed by atoms with Gasteiger partial charge in [-0.3, -0.25) is 4.79 Å². The minimum Gasteiger partial charge on any atom is -0.478 e. The third kappa shape index (κ3) is 2.54. The predicted octanol–water partition coefficient (Wildman–Crippen LogP) is 2.15. The average molecular weight is 276 g/mol. The molecule has 1 aliphatic carbocycles. The van der Waals surface area contributed by atoms with Gasteiger partial charge in [0.1, 0.15) is 0 Å². The van der Waals surface area contributed by atoms with Crippen molar-refractivity contribution in [2.45, 2.75) is 32.6 Å². The van der Waals surface area contributed by atoms with E-state index < -0.39 is 11.4 Å². The third-order valence-corrected chi connectivity index (χ3v) is 4.25. The number of hydrogen-bond acceptors (Lipinski definition) is 3. The highest BCUT2D eigenvalue weighted by Crippen LogP contribution is 2.38. The van der Waals surface area contributed by atoms with Crippen LogP contribution in [0.2, 0.25) is 0 Å². The largest absolute Gasteiger partial charge is 0.478 e. The molecular weight excluding hydrogens is 256 g/mol. The Balaban J connectivity index is 2.24. The molecule has 0 saturated heterocycles. The topological polar surface area (TPSA) is 92.4 Å². The zero-order chi connectivity index (χ0) is 14.8. The molecule has 2 rings (SSSR count). The van der Waals surface area contributed by atoms with Crippen molar-refractivity contribution in [1.82, 2.24) is 0 Å². The van der Waals surface area contributed by atoms with Crippen molar-refractivity contribution in [3.8, 4) is 0 Å². The van der Waals surface area contributed by atoms with Crippen LogP contribution >= 0.6 is 0 Å². The lowest BCUT2D eigenvalue weighted by molar-refractivity contribution is -0.124. The predicted molar refractivity (Wildman–Crippen MR) is 76.7 cm³/mol. The van der Waals surface area contributed by atoms with E-state index in [4.69, 9.17) is 10.8 Å². The molecule has 0 aromatic heterocycles. The van der Waals surface area contributed by atoms with Crippen molar-refractivity contribution in [3.63, 3.8) is 0 Å². The summed E-state index contributed by atoms with van der Waals surface area (Å²) in [6.07, 6.45) is 3.62. The van der Waals surface area contributed by atoms with E-state index in [2.05, 4.69) is 5.32 Å². The second-order valence-corrected chi connectivity index (χ2v) is 5.43. The highest BCUT2D eigenvalue weighted by Gasteiger charge is 2.39. The molecule has 1 saturated carbocycles. The first-order valence-corrected chi connectivity index (χ1v) is 6.84. The fourth-order valence-corrected chi connectivity index (χ4v) is 2.83. The van der Waals surface area contributed by atoms with Crippen LogP contribution < -0.4 is 11.1 Å². The van der Waals surface area contributed by atoms with Gasteiger partial charge < -0.3 is 16.2 Å². The van der Waals surface area contributed by atoms with Crippen LogP contribution in [0.4, 0.5) is 5.69 Å². The minimum absolute atomic E-state index is 0.0943. The summed E-state index contributed by atoms with van der Waals surface area (Å²) in [6.45, 7) is 2.03. The fraction of sp³-hybridized carbons (Fsp3) is 0.467. The Morgan fingerprint density at radius 1 is 1.35 bits per heavy atom. The zero-order valence-electron chi connectivity index (χ0n) is 11.6. The lowest BCUT2D eigenvalue weighted by atomic mass is 9.85. The number of carboxylic acid groups (broad SMARTS) is 1. The monoisotopic (exact) mass is 276 g/mol. The molecule has 4 N–H and O–H groups in total. The highest BCUT2D eigenvalue weighted by molar-refractivity contribution is 5.98. The van der Waals surface area contributed by atoms with Gasteiger partial charge in [-0.05, 0) is 37.5 Å². The number of carboxylic acids is 1. The van der Waals surface area contributed by atoms with E-state index in [-0.39, 0.29) is 11.5 Å². The van der Waals surface area contributed by atoms with Crippen LogP contribution in [0, 0.1) is 12.3 Å². The van der Waals surface area contributed by atoms with E-state index in [1.807, 2.05) is 0 Å². The number of nitrogens with two attached hydrogens (primary N) is 1. The molecule has 1 aromatic carbocycles. The van der Waals surface area contributed by atoms with Gasteiger partial charge in [-0.1, -0.05) is 18.9 Å². The molecule has 0 bridgehead atoms. The van der Waals surface area contributed by atoms with Crippen molar-refractivity contribution in [2.75, 3.05) is 11.9 Å². The second kappa shape index (κ2) is 5.63. The second-order valence-electron chi connectivity index (χ2n) is 5.43. The van der Waals surface area contributed by atoms with Gasteiger partial charge in [0, 0.05) is 12.2 Å². The lowest BCUT2D eigenvalue weighted by Gasteiger charge is -2.26. The Bertz CT molecular complexity index is 534. The molecule has 0 radical (unpaired) electrons. The number of nitrogens with one attached hydrogen (secondary N) is 1. The summed E-state index contributed by atoms with van der Waals surface area (Å²) < 4.78 is 0. The van der Waals surface area contributed by atoms with Gasteiger partial charge in [0.15, 0.2) is 0 Å². The van der Waals surface area contributed by atoms with E-state index in [0.29, 0.717) is 17.8 Å². The normalized spacial score (nSPS) is 16.9. The van der Waals surface area contributed by atoms with Crippen molar-refractivity contribution in [1.29, 1.82) is 0 Å². The van der Waals surface area contributed by atoms with Crippen molar-refractivity contribution >= 4 is 17.6 Å². The van der Waals surface area contributed by atoms with Gasteiger partial charge in [-0.2, -0.15) is 0 Å². The first kappa shape index (κ1) is 14.5. The Morgan fingerprint density at radius 2 is 2.00 bits per heavy atom. The standard InChI is InChI=1S/C15H20N2O3/c1-10-11(13(18)19)5-4-6-12(10)17-14(20)15(9-16)7-2-3-8-15/h4-6H,2-3,7-9,16H2,1H3,(H,17,20)(H,18,19). The SMILES string of the molecule is Cc1c(NC(=O)C2(CN)CCCC2)cccc1C(=O)O. The maximum Gasteiger partial charge on any atom is 0.336 e. The summed E-state index contributed by atoms with van der Waals surface area (Å²) in [6, 6.07) is 4.89. The molecule has 1 amide bonds. The summed E-state index contributed by atoms with van der Waals surface area (Å²) in [4.78, 5) is 23.6. The number of rotatable bonds is 4. The molecule has 5 nitrogen and oxygen atoms in total. The van der Waals surface area contributed by atoms with E-state index in [9.17, 15) is 9.59 Å². The van der Waals surface area contributed by atoms with Crippen LogP contribution in [0.25, 0.3) is 0 Å². The molecule has 1 fully saturated rings. The Labute approximate surface area is 118 Å². The average Bonchev–Trinajstić information content (AvgIpc) is 2.90. The molecule has 20 heavy (non-hydrogen) atoms. The number of carbonyl (C=O) groups is 2. The number of carbonyl (C=O) groups excluding carboxylic acids is 1. The number of benzene rings is 1. The van der Waals surface area contributed by atoms with Crippen LogP contribution in [0.5, 0.6) is 0 Å².